The highest BCUT2D eigenvalue weighted by Crippen LogP contribution is 2.13. The van der Waals surface area contributed by atoms with Crippen molar-refractivity contribution >= 4 is 17.8 Å². The van der Waals surface area contributed by atoms with Crippen molar-refractivity contribution in [3.8, 4) is 0 Å². The van der Waals surface area contributed by atoms with Gasteiger partial charge in [-0.1, -0.05) is 13.8 Å². The summed E-state index contributed by atoms with van der Waals surface area (Å²) in [5.74, 6) is -1.97. The highest BCUT2D eigenvalue weighted by molar-refractivity contribution is 5.99. The molecule has 2 amide bonds. The SMILES string of the molecule is CCCC(=O)N(C(=O)CCC)[C@@H](CCCN)C(=O)O. The second-order valence-corrected chi connectivity index (χ2v) is 4.44. The third kappa shape index (κ3) is 5.83. The lowest BCUT2D eigenvalue weighted by molar-refractivity contribution is -0.158. The van der Waals surface area contributed by atoms with Crippen molar-refractivity contribution in [1.82, 2.24) is 4.90 Å². The lowest BCUT2D eigenvalue weighted by Gasteiger charge is -2.27. The van der Waals surface area contributed by atoms with Gasteiger partial charge in [0, 0.05) is 12.8 Å². The van der Waals surface area contributed by atoms with E-state index in [1.54, 1.807) is 0 Å². The topological polar surface area (TPSA) is 101 Å². The average molecular weight is 272 g/mol. The van der Waals surface area contributed by atoms with E-state index in [1.807, 2.05) is 13.8 Å². The minimum Gasteiger partial charge on any atom is -0.480 e. The number of carboxylic acid groups (broad SMARTS) is 1. The fraction of sp³-hybridized carbons (Fsp3) is 0.769. The van der Waals surface area contributed by atoms with Crippen LogP contribution in [0.15, 0.2) is 0 Å². The molecule has 19 heavy (non-hydrogen) atoms. The van der Waals surface area contributed by atoms with Crippen LogP contribution in [0.1, 0.15) is 52.4 Å². The molecule has 0 aliphatic heterocycles. The summed E-state index contributed by atoms with van der Waals surface area (Å²) in [4.78, 5) is 36.2. The molecule has 1 atom stereocenters. The second kappa shape index (κ2) is 9.49. The normalized spacial score (nSPS) is 11.9. The van der Waals surface area contributed by atoms with Crippen LogP contribution in [0.25, 0.3) is 0 Å². The number of hydrogen-bond acceptors (Lipinski definition) is 4. The first-order valence-electron chi connectivity index (χ1n) is 6.77. The molecule has 0 aromatic heterocycles. The summed E-state index contributed by atoms with van der Waals surface area (Å²) in [6, 6.07) is -1.10. The van der Waals surface area contributed by atoms with E-state index >= 15 is 0 Å². The van der Waals surface area contributed by atoms with Crippen LogP contribution in [-0.4, -0.2) is 40.4 Å². The minimum absolute atomic E-state index is 0.182. The third-order valence-corrected chi connectivity index (χ3v) is 2.74. The van der Waals surface area contributed by atoms with Crippen molar-refractivity contribution in [2.75, 3.05) is 6.54 Å². The molecule has 0 saturated carbocycles. The molecular weight excluding hydrogens is 248 g/mol. The predicted octanol–water partition coefficient (Wildman–Crippen LogP) is 1.13. The molecule has 0 fully saturated rings. The van der Waals surface area contributed by atoms with Crippen LogP contribution < -0.4 is 5.73 Å². The number of rotatable bonds is 9. The smallest absolute Gasteiger partial charge is 0.326 e. The minimum atomic E-state index is -1.15. The lowest BCUT2D eigenvalue weighted by atomic mass is 10.1. The Morgan fingerprint density at radius 3 is 1.89 bits per heavy atom. The molecule has 6 nitrogen and oxygen atoms in total. The van der Waals surface area contributed by atoms with Crippen LogP contribution in [0.4, 0.5) is 0 Å². The number of nitrogens with two attached hydrogens (primary N) is 1. The predicted molar refractivity (Wildman–Crippen MR) is 71.4 cm³/mol. The van der Waals surface area contributed by atoms with Crippen molar-refractivity contribution in [3.05, 3.63) is 0 Å². The molecule has 0 rings (SSSR count). The maximum absolute atomic E-state index is 12.0. The number of imide groups is 1. The number of carbonyl (C=O) groups is 3. The fourth-order valence-corrected chi connectivity index (χ4v) is 1.83. The first kappa shape index (κ1) is 17.6. The summed E-state index contributed by atoms with van der Waals surface area (Å²) < 4.78 is 0. The number of nitrogens with zero attached hydrogens (tertiary/aromatic N) is 1. The van der Waals surface area contributed by atoms with Gasteiger partial charge in [-0.25, -0.2) is 4.79 Å². The van der Waals surface area contributed by atoms with E-state index in [0.717, 1.165) is 4.90 Å². The van der Waals surface area contributed by atoms with E-state index < -0.39 is 23.8 Å². The van der Waals surface area contributed by atoms with Crippen molar-refractivity contribution in [2.45, 2.75) is 58.4 Å². The van der Waals surface area contributed by atoms with Crippen molar-refractivity contribution in [2.24, 2.45) is 5.73 Å². The average Bonchev–Trinajstić information content (AvgIpc) is 2.34. The monoisotopic (exact) mass is 272 g/mol. The Labute approximate surface area is 113 Å². The zero-order valence-corrected chi connectivity index (χ0v) is 11.7. The summed E-state index contributed by atoms with van der Waals surface area (Å²) in [6.07, 6.45) is 2.20. The van der Waals surface area contributed by atoms with E-state index in [2.05, 4.69) is 0 Å². The Morgan fingerprint density at radius 1 is 1.11 bits per heavy atom. The summed E-state index contributed by atoms with van der Waals surface area (Å²) in [7, 11) is 0. The Morgan fingerprint density at radius 2 is 1.58 bits per heavy atom. The number of aliphatic carboxylic acids is 1. The molecule has 0 heterocycles. The van der Waals surface area contributed by atoms with Crippen molar-refractivity contribution in [1.29, 1.82) is 0 Å². The summed E-state index contributed by atoms with van der Waals surface area (Å²) in [5.41, 5.74) is 5.37. The molecule has 0 saturated heterocycles. The van der Waals surface area contributed by atoms with Gasteiger partial charge in [-0.05, 0) is 32.2 Å². The van der Waals surface area contributed by atoms with Gasteiger partial charge in [0.1, 0.15) is 6.04 Å². The first-order chi connectivity index (χ1) is 8.99. The molecular formula is C13H24N2O4. The van der Waals surface area contributed by atoms with Gasteiger partial charge in [-0.3, -0.25) is 14.5 Å². The van der Waals surface area contributed by atoms with Crippen molar-refractivity contribution in [3.63, 3.8) is 0 Å². The molecule has 0 aromatic carbocycles. The maximum atomic E-state index is 12.0. The van der Waals surface area contributed by atoms with E-state index in [-0.39, 0.29) is 19.3 Å². The summed E-state index contributed by atoms with van der Waals surface area (Å²) in [6.45, 7) is 3.97. The molecule has 0 bridgehead atoms. The fourth-order valence-electron chi connectivity index (χ4n) is 1.83. The highest BCUT2D eigenvalue weighted by atomic mass is 16.4. The van der Waals surface area contributed by atoms with Crippen LogP contribution in [-0.2, 0) is 14.4 Å². The Bertz CT molecular complexity index is 300. The summed E-state index contributed by atoms with van der Waals surface area (Å²) in [5, 5.41) is 9.22. The van der Waals surface area contributed by atoms with E-state index in [4.69, 9.17) is 5.73 Å². The second-order valence-electron chi connectivity index (χ2n) is 4.44. The van der Waals surface area contributed by atoms with Crippen molar-refractivity contribution < 1.29 is 19.5 Å². The van der Waals surface area contributed by atoms with Gasteiger partial charge in [0.25, 0.3) is 0 Å². The molecule has 6 heteroatoms. The Kier molecular flexibility index (Phi) is 8.78. The van der Waals surface area contributed by atoms with E-state index in [9.17, 15) is 19.5 Å². The standard InChI is InChI=1S/C13H24N2O4/c1-3-6-11(16)15(12(17)7-4-2)10(13(18)19)8-5-9-14/h10H,3-9,14H2,1-2H3,(H,18,19)/t10-/m0/s1. The van der Waals surface area contributed by atoms with E-state index in [0.29, 0.717) is 25.8 Å². The largest absolute Gasteiger partial charge is 0.480 e. The molecule has 0 radical (unpaired) electrons. The Hall–Kier alpha value is -1.43. The van der Waals surface area contributed by atoms with Gasteiger partial charge in [-0.15, -0.1) is 0 Å². The highest BCUT2D eigenvalue weighted by Gasteiger charge is 2.33. The molecule has 0 spiro atoms. The summed E-state index contributed by atoms with van der Waals surface area (Å²) >= 11 is 0. The number of amides is 2. The molecule has 0 aliphatic rings. The number of carbonyl (C=O) groups excluding carboxylic acids is 2. The number of hydrogen-bond donors (Lipinski definition) is 2. The van der Waals surface area contributed by atoms with Crippen LogP contribution in [0.3, 0.4) is 0 Å². The zero-order valence-electron chi connectivity index (χ0n) is 11.7. The van der Waals surface area contributed by atoms with Crippen LogP contribution in [0, 0.1) is 0 Å². The third-order valence-electron chi connectivity index (χ3n) is 2.74. The van der Waals surface area contributed by atoms with Gasteiger partial charge in [0.05, 0.1) is 0 Å². The van der Waals surface area contributed by atoms with E-state index in [1.165, 1.54) is 0 Å². The molecule has 3 N–H and O–H groups in total. The van der Waals surface area contributed by atoms with Gasteiger partial charge in [0.15, 0.2) is 0 Å². The zero-order chi connectivity index (χ0) is 14.8. The van der Waals surface area contributed by atoms with Crippen LogP contribution >= 0.6 is 0 Å². The molecule has 0 aliphatic carbocycles. The van der Waals surface area contributed by atoms with Crippen LogP contribution in [0.2, 0.25) is 0 Å². The first-order valence-corrected chi connectivity index (χ1v) is 6.77. The lowest BCUT2D eigenvalue weighted by Crippen LogP contribution is -2.48. The van der Waals surface area contributed by atoms with Gasteiger partial charge < -0.3 is 10.8 Å². The molecule has 110 valence electrons. The molecule has 0 unspecified atom stereocenters. The maximum Gasteiger partial charge on any atom is 0.326 e. The Balaban J connectivity index is 5.08. The quantitative estimate of drug-likeness (QED) is 0.655. The van der Waals surface area contributed by atoms with Gasteiger partial charge >= 0.3 is 5.97 Å². The van der Waals surface area contributed by atoms with Gasteiger partial charge in [-0.2, -0.15) is 0 Å². The van der Waals surface area contributed by atoms with Gasteiger partial charge in [0.2, 0.25) is 11.8 Å². The van der Waals surface area contributed by atoms with Crippen LogP contribution in [0.5, 0.6) is 0 Å². The molecule has 0 aromatic rings. The number of carboxylic acids is 1.